The Hall–Kier alpha value is -1.13. The van der Waals surface area contributed by atoms with Gasteiger partial charge in [0.1, 0.15) is 12.4 Å². The minimum atomic E-state index is 0.622. The monoisotopic (exact) mass is 278 g/mol. The van der Waals surface area contributed by atoms with E-state index in [1.54, 1.807) is 0 Å². The third-order valence-corrected chi connectivity index (χ3v) is 3.30. The molecule has 1 aliphatic heterocycles. The highest BCUT2D eigenvalue weighted by Crippen LogP contribution is 2.24. The summed E-state index contributed by atoms with van der Waals surface area (Å²) in [5.74, 6) is 1.02. The number of halogens is 1. The fourth-order valence-corrected chi connectivity index (χ4v) is 2.21. The second-order valence-electron chi connectivity index (χ2n) is 3.77. The number of aromatic nitrogens is 2. The number of benzene rings is 1. The van der Waals surface area contributed by atoms with Crippen LogP contribution in [-0.2, 0) is 17.9 Å². The summed E-state index contributed by atoms with van der Waals surface area (Å²) in [5, 5.41) is 0. The summed E-state index contributed by atoms with van der Waals surface area (Å²) in [6.45, 7) is 2.28. The molecule has 0 spiro atoms. The van der Waals surface area contributed by atoms with E-state index < -0.39 is 0 Å². The highest BCUT2D eigenvalue weighted by atomic mass is 79.9. The van der Waals surface area contributed by atoms with E-state index in [-0.39, 0.29) is 0 Å². The average molecular weight is 279 g/mol. The Bertz CT molecular complexity index is 504. The molecule has 0 unspecified atom stereocenters. The summed E-state index contributed by atoms with van der Waals surface area (Å²) >= 11 is 3.44. The Labute approximate surface area is 102 Å². The van der Waals surface area contributed by atoms with Crippen molar-refractivity contribution in [2.24, 2.45) is 0 Å². The van der Waals surface area contributed by atoms with E-state index >= 15 is 0 Å². The first-order valence-corrected chi connectivity index (χ1v) is 6.02. The Morgan fingerprint density at radius 2 is 2.06 bits per heavy atom. The molecule has 0 atom stereocenters. The Morgan fingerprint density at radius 1 is 1.25 bits per heavy atom. The van der Waals surface area contributed by atoms with Gasteiger partial charge in [0.15, 0.2) is 0 Å². The van der Waals surface area contributed by atoms with Crippen LogP contribution in [0.4, 0.5) is 0 Å². The van der Waals surface area contributed by atoms with Crippen LogP contribution in [0.3, 0.4) is 0 Å². The molecule has 0 fully saturated rings. The molecule has 0 saturated carbocycles. The van der Waals surface area contributed by atoms with Crippen molar-refractivity contribution in [3.8, 4) is 11.3 Å². The lowest BCUT2D eigenvalue weighted by Crippen LogP contribution is -2.17. The maximum Gasteiger partial charge on any atom is 0.135 e. The second-order valence-corrected chi connectivity index (χ2v) is 4.69. The Kier molecular flexibility index (Phi) is 2.53. The van der Waals surface area contributed by atoms with Crippen molar-refractivity contribution in [1.29, 1.82) is 0 Å². The molecule has 16 heavy (non-hydrogen) atoms. The number of rotatable bonds is 1. The molecule has 82 valence electrons. The van der Waals surface area contributed by atoms with Gasteiger partial charge in [-0.2, -0.15) is 0 Å². The summed E-state index contributed by atoms with van der Waals surface area (Å²) < 4.78 is 8.70. The van der Waals surface area contributed by atoms with Crippen LogP contribution in [0, 0.1) is 0 Å². The van der Waals surface area contributed by atoms with Crippen molar-refractivity contribution in [2.75, 3.05) is 6.61 Å². The van der Waals surface area contributed by atoms with Crippen LogP contribution in [0.2, 0.25) is 0 Å². The van der Waals surface area contributed by atoms with Crippen molar-refractivity contribution in [2.45, 2.75) is 13.2 Å². The van der Waals surface area contributed by atoms with Crippen LogP contribution in [0.1, 0.15) is 5.82 Å². The lowest BCUT2D eigenvalue weighted by Gasteiger charge is -2.17. The van der Waals surface area contributed by atoms with Crippen molar-refractivity contribution < 1.29 is 4.74 Å². The zero-order chi connectivity index (χ0) is 11.0. The minimum Gasteiger partial charge on any atom is -0.372 e. The molecule has 0 N–H and O–H groups in total. The molecule has 4 heteroatoms. The summed E-state index contributed by atoms with van der Waals surface area (Å²) in [6, 6.07) is 8.30. The average Bonchev–Trinajstić information content (AvgIpc) is 2.74. The van der Waals surface area contributed by atoms with Crippen LogP contribution in [0.5, 0.6) is 0 Å². The van der Waals surface area contributed by atoms with Gasteiger partial charge in [-0.1, -0.05) is 28.1 Å². The highest BCUT2D eigenvalue weighted by Gasteiger charge is 2.14. The standard InChI is InChI=1S/C12H11BrN2O/c13-10-3-1-9(2-4-10)11-7-14-12-8-16-6-5-15(11)12/h1-4,7H,5-6,8H2. The molecular formula is C12H11BrN2O. The number of hydrogen-bond acceptors (Lipinski definition) is 2. The van der Waals surface area contributed by atoms with Crippen LogP contribution in [0.15, 0.2) is 34.9 Å². The molecule has 2 heterocycles. The van der Waals surface area contributed by atoms with E-state index in [9.17, 15) is 0 Å². The normalized spacial score (nSPS) is 14.8. The van der Waals surface area contributed by atoms with Gasteiger partial charge in [-0.15, -0.1) is 0 Å². The largest absolute Gasteiger partial charge is 0.372 e. The minimum absolute atomic E-state index is 0.622. The number of nitrogens with zero attached hydrogens (tertiary/aromatic N) is 2. The van der Waals surface area contributed by atoms with E-state index in [1.165, 1.54) is 11.3 Å². The summed E-state index contributed by atoms with van der Waals surface area (Å²) in [6.07, 6.45) is 1.92. The maximum absolute atomic E-state index is 5.37. The molecule has 0 saturated heterocycles. The van der Waals surface area contributed by atoms with E-state index in [0.29, 0.717) is 6.61 Å². The first-order valence-electron chi connectivity index (χ1n) is 5.23. The fourth-order valence-electron chi connectivity index (χ4n) is 1.95. The maximum atomic E-state index is 5.37. The van der Waals surface area contributed by atoms with Crippen LogP contribution >= 0.6 is 15.9 Å². The molecule has 0 radical (unpaired) electrons. The zero-order valence-electron chi connectivity index (χ0n) is 8.69. The van der Waals surface area contributed by atoms with Crippen LogP contribution < -0.4 is 0 Å². The third kappa shape index (κ3) is 1.68. The number of ether oxygens (including phenoxy) is 1. The first-order chi connectivity index (χ1) is 7.84. The molecule has 1 aliphatic rings. The van der Waals surface area contributed by atoms with Gasteiger partial charge in [0.05, 0.1) is 18.5 Å². The van der Waals surface area contributed by atoms with Gasteiger partial charge in [0.25, 0.3) is 0 Å². The zero-order valence-corrected chi connectivity index (χ0v) is 10.3. The molecule has 0 amide bonds. The number of hydrogen-bond donors (Lipinski definition) is 0. The van der Waals surface area contributed by atoms with Gasteiger partial charge < -0.3 is 9.30 Å². The topological polar surface area (TPSA) is 27.1 Å². The quantitative estimate of drug-likeness (QED) is 0.802. The van der Waals surface area contributed by atoms with E-state index in [1.807, 2.05) is 6.20 Å². The summed E-state index contributed by atoms with van der Waals surface area (Å²) in [5.41, 5.74) is 2.37. The predicted octanol–water partition coefficient (Wildman–Crippen LogP) is 2.84. The first kappa shape index (κ1) is 10.1. The molecule has 3 rings (SSSR count). The van der Waals surface area contributed by atoms with Crippen molar-refractivity contribution >= 4 is 15.9 Å². The lowest BCUT2D eigenvalue weighted by atomic mass is 10.2. The van der Waals surface area contributed by atoms with Gasteiger partial charge in [0.2, 0.25) is 0 Å². The summed E-state index contributed by atoms with van der Waals surface area (Å²) in [7, 11) is 0. The Balaban J connectivity index is 2.06. The third-order valence-electron chi connectivity index (χ3n) is 2.77. The number of imidazole rings is 1. The van der Waals surface area contributed by atoms with Gasteiger partial charge in [0, 0.05) is 11.0 Å². The van der Waals surface area contributed by atoms with Gasteiger partial charge >= 0.3 is 0 Å². The number of fused-ring (bicyclic) bond motifs is 1. The highest BCUT2D eigenvalue weighted by molar-refractivity contribution is 9.10. The van der Waals surface area contributed by atoms with E-state index in [0.717, 1.165) is 23.4 Å². The van der Waals surface area contributed by atoms with Gasteiger partial charge in [-0.25, -0.2) is 4.98 Å². The smallest absolute Gasteiger partial charge is 0.135 e. The van der Waals surface area contributed by atoms with Crippen LogP contribution in [-0.4, -0.2) is 16.2 Å². The van der Waals surface area contributed by atoms with Crippen molar-refractivity contribution in [1.82, 2.24) is 9.55 Å². The second kappa shape index (κ2) is 4.03. The molecule has 2 aromatic rings. The van der Waals surface area contributed by atoms with Crippen molar-refractivity contribution in [3.63, 3.8) is 0 Å². The van der Waals surface area contributed by atoms with E-state index in [2.05, 4.69) is 49.7 Å². The van der Waals surface area contributed by atoms with Crippen molar-refractivity contribution in [3.05, 3.63) is 40.8 Å². The molecular weight excluding hydrogens is 268 g/mol. The van der Waals surface area contributed by atoms with Gasteiger partial charge in [-0.05, 0) is 17.7 Å². The fraction of sp³-hybridized carbons (Fsp3) is 0.250. The molecule has 3 nitrogen and oxygen atoms in total. The predicted molar refractivity (Wildman–Crippen MR) is 65.0 cm³/mol. The summed E-state index contributed by atoms with van der Waals surface area (Å²) in [4.78, 5) is 4.38. The van der Waals surface area contributed by atoms with Gasteiger partial charge in [-0.3, -0.25) is 0 Å². The SMILES string of the molecule is Brc1ccc(-c2cnc3n2CCOC3)cc1. The lowest BCUT2D eigenvalue weighted by molar-refractivity contribution is 0.0821. The molecule has 1 aromatic carbocycles. The molecule has 0 aliphatic carbocycles. The molecule has 0 bridgehead atoms. The Morgan fingerprint density at radius 3 is 2.88 bits per heavy atom. The van der Waals surface area contributed by atoms with E-state index in [4.69, 9.17) is 4.74 Å². The van der Waals surface area contributed by atoms with Crippen LogP contribution in [0.25, 0.3) is 11.3 Å². The molecule has 1 aromatic heterocycles.